The van der Waals surface area contributed by atoms with Crippen LogP contribution in [0.4, 0.5) is 5.69 Å². The van der Waals surface area contributed by atoms with E-state index in [1.165, 1.54) is 6.07 Å². The zero-order chi connectivity index (χ0) is 14.8. The summed E-state index contributed by atoms with van der Waals surface area (Å²) in [4.78, 5) is 4.43. The summed E-state index contributed by atoms with van der Waals surface area (Å²) in [5.74, 6) is 0. The van der Waals surface area contributed by atoms with Gasteiger partial charge in [0.05, 0.1) is 17.1 Å². The summed E-state index contributed by atoms with van der Waals surface area (Å²) < 4.78 is 23.7. The highest BCUT2D eigenvalue weighted by Gasteiger charge is 2.13. The molecule has 5 nitrogen and oxygen atoms in total. The molecule has 1 aromatic carbocycles. The van der Waals surface area contributed by atoms with E-state index in [1.54, 1.807) is 13.0 Å². The molecule has 20 heavy (non-hydrogen) atoms. The van der Waals surface area contributed by atoms with Gasteiger partial charge in [0.1, 0.15) is 4.60 Å². The number of primary sulfonamides is 1. The SMILES string of the molecule is Cc1c(NCc2cccc(Br)n2)cccc1S(N)(=O)=O. The molecule has 0 bridgehead atoms. The lowest BCUT2D eigenvalue weighted by atomic mass is 10.2. The van der Waals surface area contributed by atoms with Gasteiger partial charge in [-0.15, -0.1) is 0 Å². The van der Waals surface area contributed by atoms with Gasteiger partial charge in [-0.1, -0.05) is 12.1 Å². The summed E-state index contributed by atoms with van der Waals surface area (Å²) in [6.45, 7) is 2.21. The maximum absolute atomic E-state index is 11.5. The molecule has 2 aromatic rings. The van der Waals surface area contributed by atoms with Gasteiger partial charge in [0, 0.05) is 5.69 Å². The smallest absolute Gasteiger partial charge is 0.238 e. The zero-order valence-corrected chi connectivity index (χ0v) is 13.2. The lowest BCUT2D eigenvalue weighted by Gasteiger charge is -2.12. The first-order valence-corrected chi connectivity index (χ1v) is 8.19. The van der Waals surface area contributed by atoms with Gasteiger partial charge in [-0.3, -0.25) is 0 Å². The molecular formula is C13H14BrN3O2S. The first kappa shape index (κ1) is 15.0. The molecule has 0 saturated heterocycles. The molecule has 0 radical (unpaired) electrons. The fourth-order valence-electron chi connectivity index (χ4n) is 1.85. The van der Waals surface area contributed by atoms with Crippen LogP contribution in [0.3, 0.4) is 0 Å². The first-order chi connectivity index (χ1) is 9.38. The van der Waals surface area contributed by atoms with Crippen LogP contribution in [-0.2, 0) is 16.6 Å². The van der Waals surface area contributed by atoms with Crippen LogP contribution >= 0.6 is 15.9 Å². The highest BCUT2D eigenvalue weighted by molar-refractivity contribution is 9.10. The number of nitrogens with two attached hydrogens (primary N) is 1. The highest BCUT2D eigenvalue weighted by atomic mass is 79.9. The van der Waals surface area contributed by atoms with Gasteiger partial charge >= 0.3 is 0 Å². The second-order valence-electron chi connectivity index (χ2n) is 4.28. The maximum Gasteiger partial charge on any atom is 0.238 e. The van der Waals surface area contributed by atoms with Crippen LogP contribution in [0, 0.1) is 6.92 Å². The third kappa shape index (κ3) is 3.56. The van der Waals surface area contributed by atoms with Crippen molar-refractivity contribution in [2.45, 2.75) is 18.4 Å². The van der Waals surface area contributed by atoms with E-state index in [-0.39, 0.29) is 4.90 Å². The van der Waals surface area contributed by atoms with Gasteiger partial charge in [0.2, 0.25) is 10.0 Å². The Bertz CT molecular complexity index is 732. The van der Waals surface area contributed by atoms with Crippen molar-refractivity contribution in [3.63, 3.8) is 0 Å². The molecule has 3 N–H and O–H groups in total. The van der Waals surface area contributed by atoms with Crippen LogP contribution < -0.4 is 10.5 Å². The molecule has 0 aliphatic carbocycles. The van der Waals surface area contributed by atoms with Crippen molar-refractivity contribution < 1.29 is 8.42 Å². The summed E-state index contributed by atoms with van der Waals surface area (Å²) in [7, 11) is -3.71. The number of halogens is 1. The Hall–Kier alpha value is -1.44. The van der Waals surface area contributed by atoms with Crippen molar-refractivity contribution in [2.24, 2.45) is 5.14 Å². The number of nitrogens with zero attached hydrogens (tertiary/aromatic N) is 1. The molecule has 0 spiro atoms. The number of nitrogens with one attached hydrogen (secondary N) is 1. The number of hydrogen-bond acceptors (Lipinski definition) is 4. The van der Waals surface area contributed by atoms with E-state index < -0.39 is 10.0 Å². The quantitative estimate of drug-likeness (QED) is 0.824. The van der Waals surface area contributed by atoms with Gasteiger partial charge in [-0.05, 0) is 52.7 Å². The molecule has 1 heterocycles. The third-order valence-corrected chi connectivity index (χ3v) is 4.32. The second-order valence-corrected chi connectivity index (χ2v) is 6.62. The van der Waals surface area contributed by atoms with Gasteiger partial charge in [-0.25, -0.2) is 18.5 Å². The van der Waals surface area contributed by atoms with E-state index in [2.05, 4.69) is 26.2 Å². The minimum Gasteiger partial charge on any atom is -0.379 e. The highest BCUT2D eigenvalue weighted by Crippen LogP contribution is 2.22. The van der Waals surface area contributed by atoms with Gasteiger partial charge in [0.15, 0.2) is 0 Å². The summed E-state index contributed by atoms with van der Waals surface area (Å²) in [6, 6.07) is 10.6. The average Bonchev–Trinajstić information content (AvgIpc) is 2.36. The predicted molar refractivity (Wildman–Crippen MR) is 81.8 cm³/mol. The summed E-state index contributed by atoms with van der Waals surface area (Å²) in [6.07, 6.45) is 0. The van der Waals surface area contributed by atoms with Crippen LogP contribution in [0.5, 0.6) is 0 Å². The monoisotopic (exact) mass is 355 g/mol. The number of sulfonamides is 1. The minimum absolute atomic E-state index is 0.129. The average molecular weight is 356 g/mol. The molecule has 0 fully saturated rings. The fraction of sp³-hybridized carbons (Fsp3) is 0.154. The molecule has 0 unspecified atom stereocenters. The van der Waals surface area contributed by atoms with Crippen molar-refractivity contribution in [2.75, 3.05) is 5.32 Å². The van der Waals surface area contributed by atoms with Crippen LogP contribution in [-0.4, -0.2) is 13.4 Å². The number of anilines is 1. The van der Waals surface area contributed by atoms with E-state index in [9.17, 15) is 8.42 Å². The van der Waals surface area contributed by atoms with Crippen LogP contribution in [0.1, 0.15) is 11.3 Å². The van der Waals surface area contributed by atoms with Gasteiger partial charge in [0.25, 0.3) is 0 Å². The summed E-state index contributed by atoms with van der Waals surface area (Å²) >= 11 is 3.31. The standard InChI is InChI=1S/C13H14BrN3O2S/c1-9-11(5-3-6-12(9)20(15,18)19)16-8-10-4-2-7-13(14)17-10/h2-7,16H,8H2,1H3,(H2,15,18,19). The molecule has 0 atom stereocenters. The molecule has 106 valence electrons. The Morgan fingerprint density at radius 2 is 1.95 bits per heavy atom. The summed E-state index contributed by atoms with van der Waals surface area (Å²) in [5, 5.41) is 8.35. The fourth-order valence-corrected chi connectivity index (χ4v) is 3.03. The first-order valence-electron chi connectivity index (χ1n) is 5.85. The molecule has 0 amide bonds. The van der Waals surface area contributed by atoms with Crippen molar-refractivity contribution >= 4 is 31.6 Å². The number of aromatic nitrogens is 1. The van der Waals surface area contributed by atoms with Crippen molar-refractivity contribution in [3.05, 3.63) is 52.3 Å². The molecule has 7 heteroatoms. The van der Waals surface area contributed by atoms with E-state index in [1.807, 2.05) is 24.3 Å². The van der Waals surface area contributed by atoms with Crippen molar-refractivity contribution in [3.8, 4) is 0 Å². The van der Waals surface area contributed by atoms with Crippen LogP contribution in [0.2, 0.25) is 0 Å². The Balaban J connectivity index is 2.23. The number of pyridine rings is 1. The van der Waals surface area contributed by atoms with Crippen molar-refractivity contribution in [1.82, 2.24) is 4.98 Å². The molecule has 0 saturated carbocycles. The molecule has 0 aliphatic rings. The van der Waals surface area contributed by atoms with Crippen LogP contribution in [0.15, 0.2) is 45.9 Å². The van der Waals surface area contributed by atoms with E-state index in [0.717, 1.165) is 16.0 Å². The Morgan fingerprint density at radius 3 is 2.60 bits per heavy atom. The molecular weight excluding hydrogens is 342 g/mol. The van der Waals surface area contributed by atoms with Crippen LogP contribution in [0.25, 0.3) is 0 Å². The summed E-state index contributed by atoms with van der Waals surface area (Å²) in [5.41, 5.74) is 2.17. The number of hydrogen-bond donors (Lipinski definition) is 2. The van der Waals surface area contributed by atoms with Crippen molar-refractivity contribution in [1.29, 1.82) is 0 Å². The number of rotatable bonds is 4. The third-order valence-electron chi connectivity index (χ3n) is 2.82. The normalized spacial score (nSPS) is 11.3. The predicted octanol–water partition coefficient (Wildman–Crippen LogP) is 2.41. The molecule has 0 aliphatic heterocycles. The Labute approximate surface area is 126 Å². The zero-order valence-electron chi connectivity index (χ0n) is 10.8. The largest absolute Gasteiger partial charge is 0.379 e. The van der Waals surface area contributed by atoms with E-state index >= 15 is 0 Å². The van der Waals surface area contributed by atoms with Gasteiger partial charge < -0.3 is 5.32 Å². The Kier molecular flexibility index (Phi) is 4.42. The minimum atomic E-state index is -3.71. The number of benzene rings is 1. The lowest BCUT2D eigenvalue weighted by molar-refractivity contribution is 0.597. The Morgan fingerprint density at radius 1 is 1.25 bits per heavy atom. The van der Waals surface area contributed by atoms with E-state index in [4.69, 9.17) is 5.14 Å². The molecule has 1 aromatic heterocycles. The van der Waals surface area contributed by atoms with Gasteiger partial charge in [-0.2, -0.15) is 0 Å². The maximum atomic E-state index is 11.5. The lowest BCUT2D eigenvalue weighted by Crippen LogP contribution is -2.14. The molecule has 2 rings (SSSR count). The second kappa shape index (κ2) is 5.90. The topological polar surface area (TPSA) is 85.1 Å². The van der Waals surface area contributed by atoms with E-state index in [0.29, 0.717) is 12.1 Å².